The van der Waals surface area contributed by atoms with Gasteiger partial charge in [-0.15, -0.1) is 6.58 Å². The first kappa shape index (κ1) is 13.0. The van der Waals surface area contributed by atoms with Gasteiger partial charge in [0.25, 0.3) is 0 Å². The van der Waals surface area contributed by atoms with Crippen molar-refractivity contribution in [1.82, 2.24) is 10.2 Å². The van der Waals surface area contributed by atoms with Crippen LogP contribution in [0.4, 0.5) is 13.2 Å². The van der Waals surface area contributed by atoms with Crippen LogP contribution in [0.2, 0.25) is 0 Å². The van der Waals surface area contributed by atoms with Crippen LogP contribution in [-0.2, 0) is 4.79 Å². The molecule has 0 radical (unpaired) electrons. The second-order valence-electron chi connectivity index (χ2n) is 3.79. The lowest BCUT2D eigenvalue weighted by Gasteiger charge is -2.23. The zero-order valence-electron chi connectivity index (χ0n) is 8.89. The van der Waals surface area contributed by atoms with Gasteiger partial charge in [-0.25, -0.2) is 0 Å². The van der Waals surface area contributed by atoms with Crippen molar-refractivity contribution in [2.45, 2.75) is 25.1 Å². The predicted octanol–water partition coefficient (Wildman–Crippen LogP) is 1.32. The number of hydrogen-bond donors (Lipinski definition) is 1. The fourth-order valence-electron chi connectivity index (χ4n) is 1.38. The molecule has 0 aromatic heterocycles. The van der Waals surface area contributed by atoms with E-state index in [0.717, 1.165) is 4.90 Å². The van der Waals surface area contributed by atoms with Gasteiger partial charge in [0.1, 0.15) is 6.54 Å². The average Bonchev–Trinajstić information content (AvgIpc) is 2.96. The Morgan fingerprint density at radius 3 is 2.56 bits per heavy atom. The van der Waals surface area contributed by atoms with Gasteiger partial charge in [0.2, 0.25) is 5.91 Å². The molecule has 6 heteroatoms. The lowest BCUT2D eigenvalue weighted by Crippen LogP contribution is -2.44. The highest BCUT2D eigenvalue weighted by molar-refractivity contribution is 5.79. The van der Waals surface area contributed by atoms with E-state index in [1.54, 1.807) is 6.08 Å². The lowest BCUT2D eigenvalue weighted by atomic mass is 10.4. The van der Waals surface area contributed by atoms with Crippen molar-refractivity contribution >= 4 is 5.91 Å². The van der Waals surface area contributed by atoms with E-state index in [4.69, 9.17) is 0 Å². The van der Waals surface area contributed by atoms with Gasteiger partial charge in [-0.1, -0.05) is 6.08 Å². The summed E-state index contributed by atoms with van der Waals surface area (Å²) in [5, 5.41) is 2.71. The second-order valence-corrected chi connectivity index (χ2v) is 3.79. The summed E-state index contributed by atoms with van der Waals surface area (Å²) in [6.45, 7) is 2.64. The molecule has 1 N–H and O–H groups in total. The normalized spacial score (nSPS) is 15.9. The van der Waals surface area contributed by atoms with Crippen LogP contribution in [0, 0.1) is 0 Å². The number of rotatable bonds is 6. The maximum atomic E-state index is 12.2. The Kier molecular flexibility index (Phi) is 4.35. The summed E-state index contributed by atoms with van der Waals surface area (Å²) in [6, 6.07) is -0.223. The third-order valence-corrected chi connectivity index (χ3v) is 2.22. The zero-order chi connectivity index (χ0) is 12.2. The van der Waals surface area contributed by atoms with Gasteiger partial charge in [0.15, 0.2) is 0 Å². The first-order valence-corrected chi connectivity index (χ1v) is 5.12. The van der Waals surface area contributed by atoms with E-state index in [-0.39, 0.29) is 12.6 Å². The maximum Gasteiger partial charge on any atom is 0.406 e. The number of hydrogen-bond acceptors (Lipinski definition) is 2. The highest BCUT2D eigenvalue weighted by atomic mass is 19.4. The molecule has 1 fully saturated rings. The van der Waals surface area contributed by atoms with Gasteiger partial charge >= 0.3 is 6.18 Å². The summed E-state index contributed by atoms with van der Waals surface area (Å²) in [6.07, 6.45) is -1.43. The average molecular weight is 236 g/mol. The molecule has 0 spiro atoms. The number of carbonyl (C=O) groups excluding carboxylic acids is 1. The Labute approximate surface area is 92.3 Å². The van der Waals surface area contributed by atoms with Crippen molar-refractivity contribution in [3.63, 3.8) is 0 Å². The maximum absolute atomic E-state index is 12.2. The number of alkyl halides is 3. The minimum atomic E-state index is -4.32. The molecule has 1 aliphatic rings. The van der Waals surface area contributed by atoms with Crippen LogP contribution in [-0.4, -0.2) is 42.7 Å². The molecule has 1 rings (SSSR count). The van der Waals surface area contributed by atoms with Crippen molar-refractivity contribution in [3.8, 4) is 0 Å². The van der Waals surface area contributed by atoms with Crippen molar-refractivity contribution in [1.29, 1.82) is 0 Å². The zero-order valence-corrected chi connectivity index (χ0v) is 8.89. The van der Waals surface area contributed by atoms with Crippen LogP contribution in [0.3, 0.4) is 0 Å². The molecule has 0 heterocycles. The highest BCUT2D eigenvalue weighted by Crippen LogP contribution is 2.29. The van der Waals surface area contributed by atoms with E-state index in [1.165, 1.54) is 0 Å². The van der Waals surface area contributed by atoms with E-state index in [1.807, 2.05) is 0 Å². The predicted molar refractivity (Wildman–Crippen MR) is 53.9 cm³/mol. The molecule has 0 unspecified atom stereocenters. The van der Waals surface area contributed by atoms with Crippen molar-refractivity contribution in [2.75, 3.05) is 19.6 Å². The SMILES string of the molecule is C=CCNCC(=O)N(CC(F)(F)F)C1CC1. The number of amides is 1. The summed E-state index contributed by atoms with van der Waals surface area (Å²) in [5.41, 5.74) is 0. The van der Waals surface area contributed by atoms with Crippen molar-refractivity contribution < 1.29 is 18.0 Å². The molecule has 0 aliphatic heterocycles. The van der Waals surface area contributed by atoms with Crippen LogP contribution in [0.25, 0.3) is 0 Å². The summed E-state index contributed by atoms with van der Waals surface area (Å²) in [7, 11) is 0. The molecule has 1 aliphatic carbocycles. The summed E-state index contributed by atoms with van der Waals surface area (Å²) >= 11 is 0. The molecule has 0 bridgehead atoms. The number of halogens is 3. The Morgan fingerprint density at radius 2 is 2.12 bits per heavy atom. The first-order valence-electron chi connectivity index (χ1n) is 5.12. The van der Waals surface area contributed by atoms with E-state index in [2.05, 4.69) is 11.9 Å². The summed E-state index contributed by atoms with van der Waals surface area (Å²) in [4.78, 5) is 12.4. The molecule has 0 aromatic carbocycles. The Hall–Kier alpha value is -1.04. The molecule has 3 nitrogen and oxygen atoms in total. The van der Waals surface area contributed by atoms with Crippen LogP contribution in [0.15, 0.2) is 12.7 Å². The molecular weight excluding hydrogens is 221 g/mol. The van der Waals surface area contributed by atoms with Gasteiger partial charge in [-0.05, 0) is 12.8 Å². The quantitative estimate of drug-likeness (QED) is 0.557. The smallest absolute Gasteiger partial charge is 0.330 e. The van der Waals surface area contributed by atoms with Crippen molar-refractivity contribution in [2.24, 2.45) is 0 Å². The van der Waals surface area contributed by atoms with E-state index in [9.17, 15) is 18.0 Å². The fraction of sp³-hybridized carbons (Fsp3) is 0.700. The molecule has 1 amide bonds. The monoisotopic (exact) mass is 236 g/mol. The Balaban J connectivity index is 2.43. The second kappa shape index (κ2) is 5.34. The lowest BCUT2D eigenvalue weighted by molar-refractivity contribution is -0.161. The van der Waals surface area contributed by atoms with Gasteiger partial charge < -0.3 is 10.2 Å². The molecule has 0 saturated heterocycles. The first-order chi connectivity index (χ1) is 7.44. The number of nitrogens with one attached hydrogen (secondary N) is 1. The third kappa shape index (κ3) is 4.65. The molecule has 0 aromatic rings. The largest absolute Gasteiger partial charge is 0.406 e. The molecule has 92 valence electrons. The van der Waals surface area contributed by atoms with Gasteiger partial charge in [0, 0.05) is 12.6 Å². The van der Waals surface area contributed by atoms with Crippen LogP contribution >= 0.6 is 0 Å². The highest BCUT2D eigenvalue weighted by Gasteiger charge is 2.40. The van der Waals surface area contributed by atoms with Gasteiger partial charge in [-0.2, -0.15) is 13.2 Å². The summed E-state index contributed by atoms with van der Waals surface area (Å²) < 4.78 is 36.6. The molecule has 0 atom stereocenters. The van der Waals surface area contributed by atoms with E-state index in [0.29, 0.717) is 19.4 Å². The number of carbonyl (C=O) groups is 1. The van der Waals surface area contributed by atoms with E-state index < -0.39 is 18.6 Å². The summed E-state index contributed by atoms with van der Waals surface area (Å²) in [5.74, 6) is -0.498. The molecule has 1 saturated carbocycles. The van der Waals surface area contributed by atoms with Crippen molar-refractivity contribution in [3.05, 3.63) is 12.7 Å². The minimum absolute atomic E-state index is 0.0708. The minimum Gasteiger partial charge on any atom is -0.330 e. The topological polar surface area (TPSA) is 32.3 Å². The fourth-order valence-corrected chi connectivity index (χ4v) is 1.38. The van der Waals surface area contributed by atoms with Gasteiger partial charge in [0.05, 0.1) is 6.54 Å². The van der Waals surface area contributed by atoms with E-state index >= 15 is 0 Å². The van der Waals surface area contributed by atoms with Crippen LogP contribution in [0.1, 0.15) is 12.8 Å². The number of nitrogens with zero attached hydrogens (tertiary/aromatic N) is 1. The standard InChI is InChI=1S/C10H15F3N2O/c1-2-5-14-6-9(16)15(8-3-4-8)7-10(11,12)13/h2,8,14H,1,3-7H2. The van der Waals surface area contributed by atoms with Gasteiger partial charge in [-0.3, -0.25) is 4.79 Å². The molecular formula is C10H15F3N2O. The Bertz CT molecular complexity index is 261. The molecule has 16 heavy (non-hydrogen) atoms. The Morgan fingerprint density at radius 1 is 1.50 bits per heavy atom. The van der Waals surface area contributed by atoms with Crippen LogP contribution in [0.5, 0.6) is 0 Å². The van der Waals surface area contributed by atoms with Crippen LogP contribution < -0.4 is 5.32 Å². The third-order valence-electron chi connectivity index (χ3n) is 2.22.